The van der Waals surface area contributed by atoms with E-state index in [9.17, 15) is 43.4 Å². The Kier molecular flexibility index (Phi) is 5.53. The van der Waals surface area contributed by atoms with E-state index in [1.807, 2.05) is 0 Å². The molecule has 15 heteroatoms. The maximum Gasteiger partial charge on any atom is 0.377 e. The summed E-state index contributed by atoms with van der Waals surface area (Å²) >= 11 is 0. The highest BCUT2D eigenvalue weighted by atomic mass is 32.2. The Morgan fingerprint density at radius 3 is 2.19 bits per heavy atom. The molecule has 0 bridgehead atoms. The van der Waals surface area contributed by atoms with E-state index in [0.29, 0.717) is 6.07 Å². The Morgan fingerprint density at radius 2 is 1.62 bits per heavy atom. The summed E-state index contributed by atoms with van der Waals surface area (Å²) in [7, 11) is -4.85. The monoisotopic (exact) mass is 461 g/mol. The third-order valence-corrected chi connectivity index (χ3v) is 5.13. The summed E-state index contributed by atoms with van der Waals surface area (Å²) in [6.07, 6.45) is 0. The minimum atomic E-state index is -4.85. The number of rotatable bonds is 6. The highest BCUT2D eigenvalue weighted by molar-refractivity contribution is 7.86. The van der Waals surface area contributed by atoms with Crippen molar-refractivity contribution >= 4 is 56.0 Å². The third-order valence-electron chi connectivity index (χ3n) is 4.24. The highest BCUT2D eigenvalue weighted by Crippen LogP contribution is 2.45. The average Bonchev–Trinajstić information content (AvgIpc) is 2.72. The van der Waals surface area contributed by atoms with Crippen molar-refractivity contribution in [2.45, 2.75) is 4.90 Å². The van der Waals surface area contributed by atoms with Gasteiger partial charge < -0.3 is 10.2 Å². The zero-order valence-electron chi connectivity index (χ0n) is 15.6. The SMILES string of the molecule is C=Nc1ccc2c(O)c(N=Nc3c(O)ccc([N+](=O)[O-])c3[N+](=O)[O-])cc(S(=O)(=O)O)c2c1. The van der Waals surface area contributed by atoms with Crippen LogP contribution in [-0.4, -0.2) is 39.7 Å². The molecule has 0 saturated heterocycles. The molecule has 0 aliphatic carbocycles. The zero-order valence-corrected chi connectivity index (χ0v) is 16.4. The number of nitro groups is 2. The predicted molar refractivity (Wildman–Crippen MR) is 110 cm³/mol. The first kappa shape index (κ1) is 22.2. The second-order valence-corrected chi connectivity index (χ2v) is 7.51. The van der Waals surface area contributed by atoms with E-state index in [1.54, 1.807) is 0 Å². The standard InChI is InChI=1S/C17H11N5O9S/c1-18-8-2-3-9-10(6-8)14(32(29,30)31)7-11(17(9)24)19-20-15-13(23)5-4-12(21(25)26)16(15)22(27)28/h2-7,23-24H,1H2,(H,29,30,31). The molecule has 0 aliphatic rings. The van der Waals surface area contributed by atoms with Crippen LogP contribution in [0.2, 0.25) is 0 Å². The van der Waals surface area contributed by atoms with Crippen molar-refractivity contribution in [1.82, 2.24) is 0 Å². The molecule has 3 aromatic rings. The summed E-state index contributed by atoms with van der Waals surface area (Å²) in [6.45, 7) is 3.30. The third kappa shape index (κ3) is 3.92. The summed E-state index contributed by atoms with van der Waals surface area (Å²) in [5.41, 5.74) is -3.38. The average molecular weight is 461 g/mol. The Bertz CT molecular complexity index is 1450. The maximum atomic E-state index is 11.9. The molecule has 0 atom stereocenters. The lowest BCUT2D eigenvalue weighted by molar-refractivity contribution is -0.422. The zero-order chi connectivity index (χ0) is 23.8. The van der Waals surface area contributed by atoms with Crippen LogP contribution in [0.15, 0.2) is 56.5 Å². The molecule has 0 fully saturated rings. The van der Waals surface area contributed by atoms with Crippen LogP contribution in [0.25, 0.3) is 10.8 Å². The number of nitrogens with zero attached hydrogens (tertiary/aromatic N) is 5. The number of fused-ring (bicyclic) bond motifs is 1. The Hall–Kier alpha value is -4.50. The van der Waals surface area contributed by atoms with Gasteiger partial charge in [0.15, 0.2) is 11.5 Å². The van der Waals surface area contributed by atoms with Gasteiger partial charge in [-0.15, -0.1) is 10.2 Å². The number of hydrogen-bond acceptors (Lipinski definition) is 11. The topological polar surface area (TPSA) is 218 Å². The number of nitro benzene ring substituents is 2. The van der Waals surface area contributed by atoms with Gasteiger partial charge in [0.1, 0.15) is 10.6 Å². The smallest absolute Gasteiger partial charge is 0.377 e. The van der Waals surface area contributed by atoms with Crippen LogP contribution in [-0.2, 0) is 10.1 Å². The molecule has 0 aromatic heterocycles. The minimum Gasteiger partial charge on any atom is -0.505 e. The molecule has 32 heavy (non-hydrogen) atoms. The Labute approximate surface area is 177 Å². The molecule has 0 heterocycles. The molecule has 164 valence electrons. The van der Waals surface area contributed by atoms with Gasteiger partial charge in [-0.2, -0.15) is 8.42 Å². The lowest BCUT2D eigenvalue weighted by Crippen LogP contribution is -1.99. The number of hydrogen-bond donors (Lipinski definition) is 3. The minimum absolute atomic E-state index is 0.0979. The summed E-state index contributed by atoms with van der Waals surface area (Å²) in [5, 5.41) is 49.5. The predicted octanol–water partition coefficient (Wildman–Crippen LogP) is 4.06. The van der Waals surface area contributed by atoms with Crippen LogP contribution in [0.5, 0.6) is 11.5 Å². The van der Waals surface area contributed by atoms with Gasteiger partial charge in [-0.25, -0.2) is 0 Å². The van der Waals surface area contributed by atoms with Crippen LogP contribution in [0.4, 0.5) is 28.4 Å². The van der Waals surface area contributed by atoms with Crippen LogP contribution in [0.1, 0.15) is 0 Å². The van der Waals surface area contributed by atoms with Gasteiger partial charge >= 0.3 is 11.4 Å². The van der Waals surface area contributed by atoms with Crippen molar-refractivity contribution in [2.24, 2.45) is 15.2 Å². The maximum absolute atomic E-state index is 11.9. The molecule has 3 rings (SSSR count). The van der Waals surface area contributed by atoms with Crippen molar-refractivity contribution in [3.63, 3.8) is 0 Å². The fourth-order valence-corrected chi connectivity index (χ4v) is 3.53. The number of aromatic hydroxyl groups is 2. The Morgan fingerprint density at radius 1 is 0.938 bits per heavy atom. The summed E-state index contributed by atoms with van der Waals surface area (Å²) < 4.78 is 33.3. The van der Waals surface area contributed by atoms with Gasteiger partial charge in [-0.1, -0.05) is 0 Å². The van der Waals surface area contributed by atoms with Gasteiger partial charge in [0, 0.05) is 16.8 Å². The summed E-state index contributed by atoms with van der Waals surface area (Å²) in [4.78, 5) is 23.1. The van der Waals surface area contributed by atoms with Crippen molar-refractivity contribution in [1.29, 1.82) is 0 Å². The molecule has 14 nitrogen and oxygen atoms in total. The molecule has 0 amide bonds. The first-order chi connectivity index (χ1) is 15.0. The number of phenolic OH excluding ortho intramolecular Hbond substituents is 2. The van der Waals surface area contributed by atoms with E-state index in [0.717, 1.165) is 12.1 Å². The van der Waals surface area contributed by atoms with Gasteiger partial charge in [-0.05, 0) is 37.0 Å². The fraction of sp³-hybridized carbons (Fsp3) is 0. The number of benzene rings is 3. The quantitative estimate of drug-likeness (QED) is 0.158. The lowest BCUT2D eigenvalue weighted by atomic mass is 10.1. The van der Waals surface area contributed by atoms with Gasteiger partial charge in [0.25, 0.3) is 10.1 Å². The molecule has 0 radical (unpaired) electrons. The van der Waals surface area contributed by atoms with Crippen molar-refractivity contribution < 1.29 is 33.0 Å². The van der Waals surface area contributed by atoms with Crippen LogP contribution < -0.4 is 0 Å². The molecule has 0 saturated carbocycles. The molecular formula is C17H11N5O9S. The van der Waals surface area contributed by atoms with E-state index >= 15 is 0 Å². The highest BCUT2D eigenvalue weighted by Gasteiger charge is 2.31. The molecule has 3 aromatic carbocycles. The number of aliphatic imine (C=N–C) groups is 1. The van der Waals surface area contributed by atoms with Crippen LogP contribution >= 0.6 is 0 Å². The fourth-order valence-electron chi connectivity index (χ4n) is 2.83. The van der Waals surface area contributed by atoms with E-state index in [1.165, 1.54) is 18.2 Å². The second-order valence-electron chi connectivity index (χ2n) is 6.12. The largest absolute Gasteiger partial charge is 0.505 e. The van der Waals surface area contributed by atoms with Crippen molar-refractivity contribution in [2.75, 3.05) is 0 Å². The van der Waals surface area contributed by atoms with Crippen LogP contribution in [0, 0.1) is 20.2 Å². The number of azo groups is 1. The summed E-state index contributed by atoms with van der Waals surface area (Å²) in [6, 6.07) is 6.07. The molecular weight excluding hydrogens is 450 g/mol. The molecule has 0 unspecified atom stereocenters. The van der Waals surface area contributed by atoms with Gasteiger partial charge in [0.05, 0.1) is 15.5 Å². The van der Waals surface area contributed by atoms with Gasteiger partial charge in [-0.3, -0.25) is 29.8 Å². The summed E-state index contributed by atoms with van der Waals surface area (Å²) in [5.74, 6) is -1.46. The van der Waals surface area contributed by atoms with Crippen LogP contribution in [0.3, 0.4) is 0 Å². The molecule has 0 aliphatic heterocycles. The van der Waals surface area contributed by atoms with Gasteiger partial charge in [0.2, 0.25) is 5.69 Å². The Balaban J connectivity index is 2.31. The molecule has 3 N–H and O–H groups in total. The van der Waals surface area contributed by atoms with Crippen molar-refractivity contribution in [3.05, 3.63) is 56.6 Å². The first-order valence-corrected chi connectivity index (χ1v) is 9.70. The first-order valence-electron chi connectivity index (χ1n) is 8.26. The van der Waals surface area contributed by atoms with E-state index < -0.39 is 59.1 Å². The normalized spacial score (nSPS) is 11.7. The van der Waals surface area contributed by atoms with E-state index in [2.05, 4.69) is 21.9 Å². The lowest BCUT2D eigenvalue weighted by Gasteiger charge is -2.09. The van der Waals surface area contributed by atoms with Crippen molar-refractivity contribution in [3.8, 4) is 11.5 Å². The molecule has 0 spiro atoms. The number of phenols is 2. The second kappa shape index (κ2) is 7.97. The van der Waals surface area contributed by atoms with E-state index in [4.69, 9.17) is 0 Å². The van der Waals surface area contributed by atoms with E-state index in [-0.39, 0.29) is 16.5 Å².